The first-order chi connectivity index (χ1) is 13.4. The summed E-state index contributed by atoms with van der Waals surface area (Å²) in [6.07, 6.45) is 0. The second kappa shape index (κ2) is 6.30. The van der Waals surface area contributed by atoms with Crippen LogP contribution >= 0.6 is 0 Å². The van der Waals surface area contributed by atoms with Crippen LogP contribution < -0.4 is 25.7 Å². The zero-order valence-electron chi connectivity index (χ0n) is 16.0. The van der Waals surface area contributed by atoms with E-state index in [9.17, 15) is 9.59 Å². The molecule has 3 aromatic rings. The molecule has 28 heavy (non-hydrogen) atoms. The van der Waals surface area contributed by atoms with Crippen molar-refractivity contribution in [1.29, 1.82) is 0 Å². The topological polar surface area (TPSA) is 89.8 Å². The average Bonchev–Trinajstić information content (AvgIpc) is 2.67. The smallest absolute Gasteiger partial charge is 0.344 e. The van der Waals surface area contributed by atoms with Crippen LogP contribution in [0, 0.1) is 6.92 Å². The maximum atomic E-state index is 13.0. The largest absolute Gasteiger partial charge is 0.493 e. The number of ether oxygens (including phenoxy) is 2. The summed E-state index contributed by atoms with van der Waals surface area (Å²) in [7, 11) is 3.08. The highest BCUT2D eigenvalue weighted by Gasteiger charge is 2.41. The number of carbonyl (C=O) groups is 1. The first-order valence-electron chi connectivity index (χ1n) is 8.77. The molecule has 0 bridgehead atoms. The first-order valence-corrected chi connectivity index (χ1v) is 8.77. The average molecular weight is 380 g/mol. The van der Waals surface area contributed by atoms with Gasteiger partial charge in [0, 0.05) is 5.39 Å². The molecule has 0 aliphatic carbocycles. The van der Waals surface area contributed by atoms with E-state index in [0.29, 0.717) is 39.3 Å². The van der Waals surface area contributed by atoms with Crippen molar-refractivity contribution in [3.63, 3.8) is 0 Å². The van der Waals surface area contributed by atoms with E-state index in [1.54, 1.807) is 32.2 Å². The minimum absolute atomic E-state index is 0.331. The molecule has 0 saturated carbocycles. The number of amides is 2. The van der Waals surface area contributed by atoms with Gasteiger partial charge < -0.3 is 24.5 Å². The fraction of sp³-hybridized carbons (Fsp3) is 0.238. The van der Waals surface area contributed by atoms with Gasteiger partial charge in [0.25, 0.3) is 0 Å². The van der Waals surface area contributed by atoms with Crippen LogP contribution in [0.15, 0.2) is 45.6 Å². The molecule has 1 aromatic heterocycles. The maximum absolute atomic E-state index is 13.0. The minimum atomic E-state index is -1.12. The van der Waals surface area contributed by atoms with Crippen LogP contribution in [0.4, 0.5) is 10.5 Å². The molecule has 1 aliphatic rings. The number of aryl methyl sites for hydroxylation is 1. The van der Waals surface area contributed by atoms with Gasteiger partial charge in [-0.15, -0.1) is 0 Å². The summed E-state index contributed by atoms with van der Waals surface area (Å²) in [6, 6.07) is 10.4. The highest BCUT2D eigenvalue weighted by atomic mass is 16.5. The van der Waals surface area contributed by atoms with E-state index in [1.807, 2.05) is 25.1 Å². The Bertz CT molecular complexity index is 1170. The lowest BCUT2D eigenvalue weighted by molar-refractivity contribution is 0.241. The molecule has 7 heteroatoms. The first kappa shape index (κ1) is 17.9. The predicted molar refractivity (Wildman–Crippen MR) is 105 cm³/mol. The third-order valence-corrected chi connectivity index (χ3v) is 5.19. The molecule has 1 aliphatic heterocycles. The van der Waals surface area contributed by atoms with E-state index in [4.69, 9.17) is 13.9 Å². The van der Waals surface area contributed by atoms with Crippen molar-refractivity contribution in [2.75, 3.05) is 19.5 Å². The van der Waals surface area contributed by atoms with Gasteiger partial charge in [-0.25, -0.2) is 9.59 Å². The van der Waals surface area contributed by atoms with Crippen molar-refractivity contribution in [2.24, 2.45) is 0 Å². The van der Waals surface area contributed by atoms with Crippen molar-refractivity contribution in [2.45, 2.75) is 19.4 Å². The Kier molecular flexibility index (Phi) is 4.03. The van der Waals surface area contributed by atoms with E-state index >= 15 is 0 Å². The number of methoxy groups -OCH3 is 2. The Hall–Kier alpha value is -3.48. The summed E-state index contributed by atoms with van der Waals surface area (Å²) >= 11 is 0. The summed E-state index contributed by atoms with van der Waals surface area (Å²) in [4.78, 5) is 25.5. The number of carbonyl (C=O) groups excluding carboxylic acids is 1. The Morgan fingerprint density at radius 1 is 1.04 bits per heavy atom. The van der Waals surface area contributed by atoms with E-state index in [-0.39, 0.29) is 0 Å². The Morgan fingerprint density at radius 3 is 2.50 bits per heavy atom. The van der Waals surface area contributed by atoms with Crippen molar-refractivity contribution in [1.82, 2.24) is 5.32 Å². The molecule has 144 valence electrons. The Balaban J connectivity index is 2.04. The molecule has 1 unspecified atom stereocenters. The fourth-order valence-electron chi connectivity index (χ4n) is 3.75. The normalized spacial score (nSPS) is 18.2. The number of hydrogen-bond donors (Lipinski definition) is 2. The second-order valence-corrected chi connectivity index (χ2v) is 6.87. The number of anilines is 1. The van der Waals surface area contributed by atoms with Crippen LogP contribution in [-0.4, -0.2) is 20.3 Å². The molecule has 7 nitrogen and oxygen atoms in total. The van der Waals surface area contributed by atoms with Gasteiger partial charge in [-0.05, 0) is 43.2 Å². The third-order valence-electron chi connectivity index (χ3n) is 5.19. The molecule has 2 aromatic carbocycles. The lowest BCUT2D eigenvalue weighted by Gasteiger charge is -2.36. The van der Waals surface area contributed by atoms with E-state index in [0.717, 1.165) is 5.56 Å². The van der Waals surface area contributed by atoms with E-state index in [2.05, 4.69) is 10.6 Å². The molecule has 2 N–H and O–H groups in total. The fourth-order valence-corrected chi connectivity index (χ4v) is 3.75. The monoisotopic (exact) mass is 380 g/mol. The van der Waals surface area contributed by atoms with Crippen LogP contribution in [0.3, 0.4) is 0 Å². The summed E-state index contributed by atoms with van der Waals surface area (Å²) in [5, 5.41) is 6.33. The van der Waals surface area contributed by atoms with Gasteiger partial charge in [0.05, 0.1) is 31.0 Å². The number of fused-ring (bicyclic) bond motifs is 3. The summed E-state index contributed by atoms with van der Waals surface area (Å²) in [6.45, 7) is 3.62. The van der Waals surface area contributed by atoms with Crippen LogP contribution in [0.25, 0.3) is 11.0 Å². The van der Waals surface area contributed by atoms with E-state index in [1.165, 1.54) is 7.11 Å². The van der Waals surface area contributed by atoms with Crippen LogP contribution in [0.5, 0.6) is 11.5 Å². The number of para-hydroxylation sites is 1. The van der Waals surface area contributed by atoms with Gasteiger partial charge in [0.1, 0.15) is 5.58 Å². The van der Waals surface area contributed by atoms with Crippen LogP contribution in [0.2, 0.25) is 0 Å². The van der Waals surface area contributed by atoms with Crippen molar-refractivity contribution < 1.29 is 18.7 Å². The Labute approximate surface area is 161 Å². The lowest BCUT2D eigenvalue weighted by atomic mass is 9.82. The molecule has 4 rings (SSSR count). The highest BCUT2D eigenvalue weighted by molar-refractivity contribution is 6.04. The molecule has 0 radical (unpaired) electrons. The minimum Gasteiger partial charge on any atom is -0.493 e. The zero-order chi connectivity index (χ0) is 20.1. The molecular formula is C21H20N2O5. The number of benzene rings is 2. The van der Waals surface area contributed by atoms with Crippen LogP contribution in [-0.2, 0) is 5.54 Å². The van der Waals surface area contributed by atoms with Crippen molar-refractivity contribution in [3.8, 4) is 11.5 Å². The van der Waals surface area contributed by atoms with Crippen LogP contribution in [0.1, 0.15) is 23.6 Å². The highest BCUT2D eigenvalue weighted by Crippen LogP contribution is 2.41. The second-order valence-electron chi connectivity index (χ2n) is 6.87. The quantitative estimate of drug-likeness (QED) is 0.679. The number of hydrogen-bond acceptors (Lipinski definition) is 5. The molecule has 0 spiro atoms. The molecule has 2 heterocycles. The van der Waals surface area contributed by atoms with Gasteiger partial charge in [-0.1, -0.05) is 18.2 Å². The van der Waals surface area contributed by atoms with Gasteiger partial charge in [-0.3, -0.25) is 0 Å². The SMILES string of the molecule is COc1ccc(C2(C)NC(=O)Nc3c2c(=O)oc2c(C)cccc32)cc1OC. The predicted octanol–water partition coefficient (Wildman–Crippen LogP) is 3.52. The molecule has 0 fully saturated rings. The maximum Gasteiger partial charge on any atom is 0.344 e. The van der Waals surface area contributed by atoms with Gasteiger partial charge in [-0.2, -0.15) is 0 Å². The third kappa shape index (κ3) is 2.51. The number of urea groups is 1. The summed E-state index contributed by atoms with van der Waals surface area (Å²) in [5.74, 6) is 1.05. The molecule has 2 amide bonds. The van der Waals surface area contributed by atoms with Gasteiger partial charge in [0.15, 0.2) is 11.5 Å². The number of rotatable bonds is 3. The Morgan fingerprint density at radius 2 is 1.79 bits per heavy atom. The standard InChI is InChI=1S/C21H20N2O5/c1-11-6-5-7-13-17-16(19(24)28-18(11)13)21(2,23-20(25)22-17)12-8-9-14(26-3)15(10-12)27-4/h5-10H,1-4H3,(H2,22,23,25). The molecule has 0 saturated heterocycles. The summed E-state index contributed by atoms with van der Waals surface area (Å²) < 4.78 is 16.3. The van der Waals surface area contributed by atoms with Crippen molar-refractivity contribution >= 4 is 22.7 Å². The molecular weight excluding hydrogens is 360 g/mol. The lowest BCUT2D eigenvalue weighted by Crippen LogP contribution is -2.53. The van der Waals surface area contributed by atoms with E-state index < -0.39 is 17.2 Å². The summed E-state index contributed by atoms with van der Waals surface area (Å²) in [5.41, 5.74) is 1.10. The zero-order valence-corrected chi connectivity index (χ0v) is 16.0. The van der Waals surface area contributed by atoms with Gasteiger partial charge >= 0.3 is 11.7 Å². The van der Waals surface area contributed by atoms with Gasteiger partial charge in [0.2, 0.25) is 0 Å². The van der Waals surface area contributed by atoms with Crippen molar-refractivity contribution in [3.05, 3.63) is 63.5 Å². The molecule has 1 atom stereocenters. The number of nitrogens with one attached hydrogen (secondary N) is 2.